The van der Waals surface area contributed by atoms with E-state index in [1.165, 1.54) is 11.3 Å². The molecule has 32 heavy (non-hydrogen) atoms. The predicted octanol–water partition coefficient (Wildman–Crippen LogP) is 3.23. The number of carbonyl (C=O) groups excluding carboxylic acids is 2. The largest absolute Gasteiger partial charge is 0.451 e. The molecule has 1 aromatic heterocycles. The van der Waals surface area contributed by atoms with Crippen molar-refractivity contribution < 1.29 is 22.7 Å². The van der Waals surface area contributed by atoms with Gasteiger partial charge in [-0.15, -0.1) is 11.3 Å². The number of rotatable bonds is 10. The summed E-state index contributed by atoms with van der Waals surface area (Å²) in [6.45, 7) is -0.153. The fraction of sp³-hybridized carbons (Fsp3) is 0.217. The van der Waals surface area contributed by atoms with Crippen molar-refractivity contribution in [3.63, 3.8) is 0 Å². The third-order valence-electron chi connectivity index (χ3n) is 4.46. The highest BCUT2D eigenvalue weighted by Gasteiger charge is 2.14. The van der Waals surface area contributed by atoms with Crippen LogP contribution in [0.1, 0.15) is 25.7 Å². The first-order valence-electron chi connectivity index (χ1n) is 9.92. The summed E-state index contributed by atoms with van der Waals surface area (Å²) in [4.78, 5) is 25.8. The Hall–Kier alpha value is -3.01. The summed E-state index contributed by atoms with van der Waals surface area (Å²) < 4.78 is 29.8. The van der Waals surface area contributed by atoms with Crippen LogP contribution >= 0.6 is 11.3 Å². The van der Waals surface area contributed by atoms with Crippen LogP contribution < -0.4 is 10.0 Å². The van der Waals surface area contributed by atoms with Crippen LogP contribution in [-0.2, 0) is 32.4 Å². The van der Waals surface area contributed by atoms with Crippen molar-refractivity contribution in [2.75, 3.05) is 24.7 Å². The van der Waals surface area contributed by atoms with Gasteiger partial charge in [-0.05, 0) is 42.2 Å². The van der Waals surface area contributed by atoms with E-state index in [-0.39, 0.29) is 6.54 Å². The number of ether oxygens (including phenoxy) is 1. The van der Waals surface area contributed by atoms with Crippen LogP contribution in [0, 0.1) is 0 Å². The molecule has 3 aromatic rings. The van der Waals surface area contributed by atoms with E-state index in [9.17, 15) is 18.0 Å². The van der Waals surface area contributed by atoms with Crippen LogP contribution in [0.4, 0.5) is 5.69 Å². The molecule has 168 valence electrons. The number of sulfonamides is 1. The summed E-state index contributed by atoms with van der Waals surface area (Å²) in [6.07, 6.45) is 2.22. The number of benzene rings is 2. The minimum Gasteiger partial charge on any atom is -0.451 e. The van der Waals surface area contributed by atoms with Gasteiger partial charge < -0.3 is 10.1 Å². The molecule has 0 fully saturated rings. The molecule has 0 atom stereocenters. The van der Waals surface area contributed by atoms with Gasteiger partial charge in [-0.1, -0.05) is 48.5 Å². The number of carbonyl (C=O) groups is 2. The Balaban J connectivity index is 1.51. The van der Waals surface area contributed by atoms with E-state index in [4.69, 9.17) is 4.74 Å². The molecule has 0 aliphatic heterocycles. The van der Waals surface area contributed by atoms with Gasteiger partial charge in [-0.3, -0.25) is 4.79 Å². The van der Waals surface area contributed by atoms with E-state index in [1.54, 1.807) is 12.1 Å². The van der Waals surface area contributed by atoms with Gasteiger partial charge in [0.05, 0.1) is 6.26 Å². The molecule has 7 nitrogen and oxygen atoms in total. The van der Waals surface area contributed by atoms with Crippen molar-refractivity contribution >= 4 is 38.9 Å². The molecule has 0 spiro atoms. The van der Waals surface area contributed by atoms with Gasteiger partial charge in [-0.25, -0.2) is 17.9 Å². The molecule has 0 unspecified atom stereocenters. The van der Waals surface area contributed by atoms with Gasteiger partial charge in [0.1, 0.15) is 4.88 Å². The lowest BCUT2D eigenvalue weighted by molar-refractivity contribution is -0.119. The summed E-state index contributed by atoms with van der Waals surface area (Å²) in [5.41, 5.74) is 2.76. The highest BCUT2D eigenvalue weighted by Crippen LogP contribution is 2.20. The van der Waals surface area contributed by atoms with Crippen molar-refractivity contribution in [3.8, 4) is 0 Å². The zero-order valence-electron chi connectivity index (χ0n) is 17.5. The summed E-state index contributed by atoms with van der Waals surface area (Å²) >= 11 is 1.21. The first kappa shape index (κ1) is 23.6. The SMILES string of the molecule is CS(=O)(=O)NCCc1ccc(C(=O)OCC(=O)Nc2ccccc2Cc2ccccc2)s1. The van der Waals surface area contributed by atoms with Gasteiger partial charge in [0.2, 0.25) is 10.0 Å². The molecule has 0 radical (unpaired) electrons. The quantitative estimate of drug-likeness (QED) is 0.441. The average Bonchev–Trinajstić information content (AvgIpc) is 3.22. The third kappa shape index (κ3) is 7.60. The van der Waals surface area contributed by atoms with Gasteiger partial charge in [0.15, 0.2) is 6.61 Å². The number of nitrogens with one attached hydrogen (secondary N) is 2. The number of anilines is 1. The lowest BCUT2D eigenvalue weighted by Crippen LogP contribution is -2.24. The Labute approximate surface area is 191 Å². The second kappa shape index (κ2) is 11.0. The Kier molecular flexibility index (Phi) is 8.15. The van der Waals surface area contributed by atoms with Crippen LogP contribution in [0.3, 0.4) is 0 Å². The lowest BCUT2D eigenvalue weighted by atomic mass is 10.0. The molecule has 0 aliphatic rings. The third-order valence-corrected chi connectivity index (χ3v) is 6.32. The predicted molar refractivity (Wildman–Crippen MR) is 125 cm³/mol. The summed E-state index contributed by atoms with van der Waals surface area (Å²) in [7, 11) is -3.25. The van der Waals surface area contributed by atoms with Crippen molar-refractivity contribution in [2.45, 2.75) is 12.8 Å². The molecule has 3 rings (SSSR count). The van der Waals surface area contributed by atoms with Crippen molar-refractivity contribution in [1.29, 1.82) is 0 Å². The Morgan fingerprint density at radius 2 is 1.69 bits per heavy atom. The fourth-order valence-corrected chi connectivity index (χ4v) is 4.36. The standard InChI is InChI=1S/C23H24N2O5S2/c1-32(28,29)24-14-13-19-11-12-21(31-19)23(27)30-16-22(26)25-20-10-6-5-9-18(20)15-17-7-3-2-4-8-17/h2-12,24H,13-16H2,1H3,(H,25,26). The monoisotopic (exact) mass is 472 g/mol. The van der Waals surface area contributed by atoms with E-state index >= 15 is 0 Å². The maximum absolute atomic E-state index is 12.3. The number of para-hydroxylation sites is 1. The molecule has 0 aliphatic carbocycles. The second-order valence-electron chi connectivity index (χ2n) is 7.13. The van der Waals surface area contributed by atoms with E-state index in [2.05, 4.69) is 10.0 Å². The summed E-state index contributed by atoms with van der Waals surface area (Å²) in [5, 5.41) is 2.81. The smallest absolute Gasteiger partial charge is 0.348 e. The minimum atomic E-state index is -3.25. The van der Waals surface area contributed by atoms with Gasteiger partial charge in [-0.2, -0.15) is 0 Å². The Morgan fingerprint density at radius 1 is 0.969 bits per heavy atom. The molecular weight excluding hydrogens is 448 g/mol. The molecule has 2 aromatic carbocycles. The molecular formula is C23H24N2O5S2. The number of hydrogen-bond acceptors (Lipinski definition) is 6. The number of thiophene rings is 1. The van der Waals surface area contributed by atoms with Gasteiger partial charge in [0, 0.05) is 17.1 Å². The molecule has 1 heterocycles. The van der Waals surface area contributed by atoms with Crippen molar-refractivity contribution in [2.24, 2.45) is 0 Å². The van der Waals surface area contributed by atoms with Crippen molar-refractivity contribution in [3.05, 3.63) is 87.6 Å². The average molecular weight is 473 g/mol. The zero-order valence-corrected chi connectivity index (χ0v) is 19.2. The maximum Gasteiger partial charge on any atom is 0.348 e. The Morgan fingerprint density at radius 3 is 2.44 bits per heavy atom. The molecule has 0 bridgehead atoms. The van der Waals surface area contributed by atoms with Gasteiger partial charge in [0.25, 0.3) is 5.91 Å². The summed E-state index contributed by atoms with van der Waals surface area (Å²) in [6, 6.07) is 20.8. The highest BCUT2D eigenvalue weighted by molar-refractivity contribution is 7.88. The van der Waals surface area contributed by atoms with Crippen LogP contribution in [0.25, 0.3) is 0 Å². The van der Waals surface area contributed by atoms with Crippen LogP contribution in [-0.4, -0.2) is 39.7 Å². The van der Waals surface area contributed by atoms with Gasteiger partial charge >= 0.3 is 5.97 Å². The van der Waals surface area contributed by atoms with Crippen LogP contribution in [0.15, 0.2) is 66.7 Å². The van der Waals surface area contributed by atoms with Crippen LogP contribution in [0.5, 0.6) is 0 Å². The topological polar surface area (TPSA) is 102 Å². The fourth-order valence-electron chi connectivity index (χ4n) is 2.98. The Bertz CT molecular complexity index is 1170. The number of amides is 1. The second-order valence-corrected chi connectivity index (χ2v) is 10.1. The molecule has 9 heteroatoms. The molecule has 2 N–H and O–H groups in total. The first-order chi connectivity index (χ1) is 15.3. The van der Waals surface area contributed by atoms with E-state index in [0.717, 1.165) is 22.3 Å². The van der Waals surface area contributed by atoms with E-state index in [0.29, 0.717) is 23.4 Å². The summed E-state index contributed by atoms with van der Waals surface area (Å²) in [5.74, 6) is -1.02. The van der Waals surface area contributed by atoms with Crippen molar-refractivity contribution in [1.82, 2.24) is 4.72 Å². The normalized spacial score (nSPS) is 11.2. The lowest BCUT2D eigenvalue weighted by Gasteiger charge is -2.11. The van der Waals surface area contributed by atoms with E-state index < -0.39 is 28.5 Å². The molecule has 0 saturated heterocycles. The number of esters is 1. The van der Waals surface area contributed by atoms with E-state index in [1.807, 2.05) is 54.6 Å². The molecule has 1 amide bonds. The zero-order chi connectivity index (χ0) is 23.0. The van der Waals surface area contributed by atoms with Crippen LogP contribution in [0.2, 0.25) is 0 Å². The minimum absolute atomic E-state index is 0.249. The number of hydrogen-bond donors (Lipinski definition) is 2. The maximum atomic E-state index is 12.3. The highest BCUT2D eigenvalue weighted by atomic mass is 32.2. The first-order valence-corrected chi connectivity index (χ1v) is 12.6. The molecule has 0 saturated carbocycles.